The molecule has 0 saturated carbocycles. The molecule has 0 fully saturated rings. The van der Waals surface area contributed by atoms with Crippen LogP contribution in [-0.4, -0.2) is 31.5 Å². The molecule has 1 heterocycles. The summed E-state index contributed by atoms with van der Waals surface area (Å²) < 4.78 is 0. The molecule has 1 aromatic carbocycles. The van der Waals surface area contributed by atoms with E-state index in [4.69, 9.17) is 6.42 Å². The third kappa shape index (κ3) is 6.26. The standard InChI is InChI=1S/C20H24N4OS/c1-5-16-7-6-8-17(12-16)24-19(25)13-22-20(21-4)23-14(2)11-18-10-9-15(3)26-18/h1,6-10,12,14H,11,13H2,2-4H3,(H,24,25)(H2,21,22,23). The van der Waals surface area contributed by atoms with E-state index in [2.05, 4.69) is 52.8 Å². The lowest BCUT2D eigenvalue weighted by Crippen LogP contribution is -2.45. The predicted molar refractivity (Wildman–Crippen MR) is 110 cm³/mol. The Hall–Kier alpha value is -2.78. The largest absolute Gasteiger partial charge is 0.354 e. The van der Waals surface area contributed by atoms with Crippen LogP contribution in [-0.2, 0) is 11.2 Å². The van der Waals surface area contributed by atoms with Crippen molar-refractivity contribution in [2.24, 2.45) is 4.99 Å². The molecule has 0 aliphatic heterocycles. The molecule has 5 nitrogen and oxygen atoms in total. The van der Waals surface area contributed by atoms with Crippen molar-refractivity contribution in [3.05, 3.63) is 51.7 Å². The second kappa shape index (κ2) is 9.64. The normalized spacial score (nSPS) is 12.2. The van der Waals surface area contributed by atoms with Gasteiger partial charge in [0.15, 0.2) is 5.96 Å². The number of carbonyl (C=O) groups excluding carboxylic acids is 1. The van der Waals surface area contributed by atoms with Gasteiger partial charge in [-0.3, -0.25) is 9.79 Å². The minimum atomic E-state index is -0.163. The maximum Gasteiger partial charge on any atom is 0.243 e. The van der Waals surface area contributed by atoms with Gasteiger partial charge in [0.1, 0.15) is 0 Å². The first kappa shape index (κ1) is 19.5. The summed E-state index contributed by atoms with van der Waals surface area (Å²) in [5.41, 5.74) is 1.41. The first-order chi connectivity index (χ1) is 12.5. The van der Waals surface area contributed by atoms with Crippen LogP contribution in [0.4, 0.5) is 5.69 Å². The van der Waals surface area contributed by atoms with Gasteiger partial charge in [0.25, 0.3) is 0 Å². The molecule has 2 aromatic rings. The lowest BCUT2D eigenvalue weighted by Gasteiger charge is -2.17. The second-order valence-electron chi connectivity index (χ2n) is 5.96. The maximum atomic E-state index is 12.1. The molecule has 1 unspecified atom stereocenters. The number of aliphatic imine (C=N–C) groups is 1. The van der Waals surface area contributed by atoms with E-state index in [1.807, 2.05) is 12.1 Å². The first-order valence-electron chi connectivity index (χ1n) is 8.39. The molecule has 26 heavy (non-hydrogen) atoms. The van der Waals surface area contributed by atoms with Gasteiger partial charge in [-0.05, 0) is 44.2 Å². The number of rotatable bonds is 6. The zero-order valence-corrected chi connectivity index (χ0v) is 16.1. The Morgan fingerprint density at radius 2 is 2.15 bits per heavy atom. The highest BCUT2D eigenvalue weighted by molar-refractivity contribution is 7.11. The van der Waals surface area contributed by atoms with Gasteiger partial charge in [-0.2, -0.15) is 0 Å². The van der Waals surface area contributed by atoms with Crippen molar-refractivity contribution in [3.63, 3.8) is 0 Å². The topological polar surface area (TPSA) is 65.5 Å². The van der Waals surface area contributed by atoms with Crippen molar-refractivity contribution in [1.82, 2.24) is 10.6 Å². The number of carbonyl (C=O) groups is 1. The SMILES string of the molecule is C#Cc1cccc(NC(=O)CNC(=NC)NC(C)Cc2ccc(C)s2)c1. The third-order valence-corrected chi connectivity index (χ3v) is 4.66. The van der Waals surface area contributed by atoms with Gasteiger partial charge >= 0.3 is 0 Å². The average molecular weight is 369 g/mol. The molecule has 1 atom stereocenters. The number of nitrogens with one attached hydrogen (secondary N) is 3. The van der Waals surface area contributed by atoms with Crippen molar-refractivity contribution >= 4 is 28.9 Å². The van der Waals surface area contributed by atoms with Crippen LogP contribution in [0.15, 0.2) is 41.4 Å². The molecule has 0 bridgehead atoms. The fraction of sp³-hybridized carbons (Fsp3) is 0.300. The molecule has 3 N–H and O–H groups in total. The van der Waals surface area contributed by atoms with Crippen molar-refractivity contribution in [1.29, 1.82) is 0 Å². The van der Waals surface area contributed by atoms with Gasteiger partial charge in [0, 0.05) is 40.5 Å². The summed E-state index contributed by atoms with van der Waals surface area (Å²) in [7, 11) is 1.69. The zero-order chi connectivity index (χ0) is 18.9. The Morgan fingerprint density at radius 3 is 2.81 bits per heavy atom. The fourth-order valence-electron chi connectivity index (χ4n) is 2.43. The molecule has 1 aromatic heterocycles. The summed E-state index contributed by atoms with van der Waals surface area (Å²) in [6.07, 6.45) is 6.28. The molecule has 0 saturated heterocycles. The summed E-state index contributed by atoms with van der Waals surface area (Å²) in [5.74, 6) is 2.98. The van der Waals surface area contributed by atoms with E-state index in [9.17, 15) is 4.79 Å². The van der Waals surface area contributed by atoms with Crippen molar-refractivity contribution in [2.75, 3.05) is 18.9 Å². The van der Waals surface area contributed by atoms with Crippen LogP contribution in [0.5, 0.6) is 0 Å². The number of anilines is 1. The first-order valence-corrected chi connectivity index (χ1v) is 9.21. The quantitative estimate of drug-likeness (QED) is 0.417. The highest BCUT2D eigenvalue weighted by Crippen LogP contribution is 2.16. The highest BCUT2D eigenvalue weighted by Gasteiger charge is 2.09. The Kier molecular flexibility index (Phi) is 7.24. The summed E-state index contributed by atoms with van der Waals surface area (Å²) in [5, 5.41) is 9.14. The molecular weight excluding hydrogens is 344 g/mol. The van der Waals surface area contributed by atoms with Crippen LogP contribution in [0.25, 0.3) is 0 Å². The van der Waals surface area contributed by atoms with E-state index in [1.165, 1.54) is 9.75 Å². The van der Waals surface area contributed by atoms with Crippen molar-refractivity contribution in [2.45, 2.75) is 26.3 Å². The Balaban J connectivity index is 1.80. The number of aryl methyl sites for hydroxylation is 1. The van der Waals surface area contributed by atoms with Gasteiger partial charge in [0.2, 0.25) is 5.91 Å². The predicted octanol–water partition coefficient (Wildman–Crippen LogP) is 2.77. The number of nitrogens with zero attached hydrogens (tertiary/aromatic N) is 1. The molecular formula is C20H24N4OS. The number of hydrogen-bond acceptors (Lipinski definition) is 3. The number of terminal acetylenes is 1. The Morgan fingerprint density at radius 1 is 1.35 bits per heavy atom. The minimum Gasteiger partial charge on any atom is -0.354 e. The molecule has 0 spiro atoms. The molecule has 6 heteroatoms. The van der Waals surface area contributed by atoms with Crippen molar-refractivity contribution in [3.8, 4) is 12.3 Å². The van der Waals surface area contributed by atoms with Gasteiger partial charge in [-0.25, -0.2) is 0 Å². The monoisotopic (exact) mass is 368 g/mol. The zero-order valence-electron chi connectivity index (χ0n) is 15.3. The summed E-state index contributed by atoms with van der Waals surface area (Å²) in [6.45, 7) is 4.31. The Bertz CT molecular complexity index is 819. The van der Waals surface area contributed by atoms with Crippen LogP contribution in [0, 0.1) is 19.3 Å². The fourth-order valence-corrected chi connectivity index (χ4v) is 3.45. The molecule has 0 radical (unpaired) electrons. The second-order valence-corrected chi connectivity index (χ2v) is 7.33. The lowest BCUT2D eigenvalue weighted by atomic mass is 10.2. The minimum absolute atomic E-state index is 0.116. The van der Waals surface area contributed by atoms with Crippen LogP contribution in [0.1, 0.15) is 22.2 Å². The van der Waals surface area contributed by atoms with Gasteiger partial charge < -0.3 is 16.0 Å². The van der Waals surface area contributed by atoms with Gasteiger partial charge in [-0.15, -0.1) is 17.8 Å². The molecule has 136 valence electrons. The van der Waals surface area contributed by atoms with Gasteiger partial charge in [0.05, 0.1) is 6.54 Å². The van der Waals surface area contributed by atoms with E-state index in [0.717, 1.165) is 12.0 Å². The van der Waals surface area contributed by atoms with Crippen LogP contribution >= 0.6 is 11.3 Å². The third-order valence-electron chi connectivity index (χ3n) is 3.64. The smallest absolute Gasteiger partial charge is 0.243 e. The highest BCUT2D eigenvalue weighted by atomic mass is 32.1. The summed E-state index contributed by atoms with van der Waals surface area (Å²) in [4.78, 5) is 18.9. The van der Waals surface area contributed by atoms with Crippen molar-refractivity contribution < 1.29 is 4.79 Å². The number of benzene rings is 1. The summed E-state index contributed by atoms with van der Waals surface area (Å²) >= 11 is 1.79. The van der Waals surface area contributed by atoms with Crippen LogP contribution in [0.3, 0.4) is 0 Å². The number of hydrogen-bond donors (Lipinski definition) is 3. The van der Waals surface area contributed by atoms with Crippen LogP contribution < -0.4 is 16.0 Å². The van der Waals surface area contributed by atoms with E-state index >= 15 is 0 Å². The summed E-state index contributed by atoms with van der Waals surface area (Å²) in [6, 6.07) is 11.7. The number of guanidine groups is 1. The van der Waals surface area contributed by atoms with E-state index in [1.54, 1.807) is 30.5 Å². The number of thiophene rings is 1. The molecule has 0 aliphatic rings. The lowest BCUT2D eigenvalue weighted by molar-refractivity contribution is -0.115. The van der Waals surface area contributed by atoms with E-state index < -0.39 is 0 Å². The average Bonchev–Trinajstić information content (AvgIpc) is 3.03. The molecule has 2 rings (SSSR count). The molecule has 0 aliphatic carbocycles. The maximum absolute atomic E-state index is 12.1. The number of amides is 1. The van der Waals surface area contributed by atoms with Gasteiger partial charge in [-0.1, -0.05) is 12.0 Å². The van der Waals surface area contributed by atoms with Crippen LogP contribution in [0.2, 0.25) is 0 Å². The van der Waals surface area contributed by atoms with E-state index in [0.29, 0.717) is 11.6 Å². The van der Waals surface area contributed by atoms with E-state index in [-0.39, 0.29) is 18.5 Å². The Labute approximate surface area is 158 Å². The molecule has 1 amide bonds.